The second-order valence-corrected chi connectivity index (χ2v) is 6.67. The topological polar surface area (TPSA) is 97.1 Å². The molecule has 1 saturated carbocycles. The number of carbonyl (C=O) groups is 2. The third-order valence-electron chi connectivity index (χ3n) is 3.97. The summed E-state index contributed by atoms with van der Waals surface area (Å²) in [5.74, 6) is -1.32. The van der Waals surface area contributed by atoms with Gasteiger partial charge in [0.1, 0.15) is 6.04 Å². The Morgan fingerprint density at radius 2 is 2.04 bits per heavy atom. The standard InChI is InChI=1S/C16H17BrN4O3/c1-2-12(16(23)24)18-15(22)13-14(9-3-4-9)21(20-19-13)11-7-5-10(17)6-8-11/h5-9,12H,2-4H2,1H3,(H,18,22)(H,23,24). The highest BCUT2D eigenvalue weighted by Crippen LogP contribution is 2.42. The van der Waals surface area contributed by atoms with E-state index < -0.39 is 17.9 Å². The van der Waals surface area contributed by atoms with Crippen molar-refractivity contribution < 1.29 is 14.7 Å². The van der Waals surface area contributed by atoms with Gasteiger partial charge in [0.05, 0.1) is 11.4 Å². The number of carboxylic acids is 1. The van der Waals surface area contributed by atoms with Crippen LogP contribution in [0, 0.1) is 0 Å². The summed E-state index contributed by atoms with van der Waals surface area (Å²) in [7, 11) is 0. The number of hydrogen-bond acceptors (Lipinski definition) is 4. The summed E-state index contributed by atoms with van der Waals surface area (Å²) in [6, 6.07) is 6.63. The van der Waals surface area contributed by atoms with Gasteiger partial charge in [-0.25, -0.2) is 9.48 Å². The third kappa shape index (κ3) is 3.33. The maximum absolute atomic E-state index is 12.5. The summed E-state index contributed by atoms with van der Waals surface area (Å²) in [4.78, 5) is 23.6. The zero-order valence-corrected chi connectivity index (χ0v) is 14.7. The van der Waals surface area contributed by atoms with E-state index in [0.29, 0.717) is 6.42 Å². The Morgan fingerprint density at radius 3 is 2.58 bits per heavy atom. The number of benzene rings is 1. The molecule has 2 aromatic rings. The molecule has 126 valence electrons. The fourth-order valence-electron chi connectivity index (χ4n) is 2.51. The SMILES string of the molecule is CCC(NC(=O)c1nnn(-c2ccc(Br)cc2)c1C1CC1)C(=O)O. The van der Waals surface area contributed by atoms with E-state index in [1.807, 2.05) is 24.3 Å². The average Bonchev–Trinajstić information content (AvgIpc) is 3.31. The molecule has 1 amide bonds. The van der Waals surface area contributed by atoms with Gasteiger partial charge in [-0.1, -0.05) is 28.1 Å². The number of hydrogen-bond donors (Lipinski definition) is 2. The summed E-state index contributed by atoms with van der Waals surface area (Å²) in [5, 5.41) is 19.8. The summed E-state index contributed by atoms with van der Waals surface area (Å²) < 4.78 is 2.62. The predicted molar refractivity (Wildman–Crippen MR) is 90.2 cm³/mol. The molecule has 1 atom stereocenters. The van der Waals surface area contributed by atoms with Crippen LogP contribution in [0.3, 0.4) is 0 Å². The highest BCUT2D eigenvalue weighted by Gasteiger charge is 2.35. The minimum atomic E-state index is -1.06. The lowest BCUT2D eigenvalue weighted by atomic mass is 10.1. The van der Waals surface area contributed by atoms with Gasteiger partial charge >= 0.3 is 5.97 Å². The van der Waals surface area contributed by atoms with Gasteiger partial charge in [-0.15, -0.1) is 5.10 Å². The van der Waals surface area contributed by atoms with Gasteiger partial charge in [0.2, 0.25) is 0 Å². The molecule has 24 heavy (non-hydrogen) atoms. The first kappa shape index (κ1) is 16.6. The van der Waals surface area contributed by atoms with Crippen molar-refractivity contribution >= 4 is 27.8 Å². The molecule has 0 saturated heterocycles. The van der Waals surface area contributed by atoms with E-state index in [-0.39, 0.29) is 11.6 Å². The van der Waals surface area contributed by atoms with E-state index in [0.717, 1.165) is 28.7 Å². The molecule has 1 unspecified atom stereocenters. The quantitative estimate of drug-likeness (QED) is 0.786. The number of aromatic nitrogens is 3. The lowest BCUT2D eigenvalue weighted by Crippen LogP contribution is -2.40. The first-order chi connectivity index (χ1) is 11.5. The Balaban J connectivity index is 1.93. The monoisotopic (exact) mass is 392 g/mol. The van der Waals surface area contributed by atoms with Crippen molar-refractivity contribution in [1.82, 2.24) is 20.3 Å². The second-order valence-electron chi connectivity index (χ2n) is 5.76. The van der Waals surface area contributed by atoms with Crippen molar-refractivity contribution in [2.45, 2.75) is 38.1 Å². The number of nitrogens with zero attached hydrogens (tertiary/aromatic N) is 3. The molecular formula is C16H17BrN4O3. The minimum Gasteiger partial charge on any atom is -0.480 e. The average molecular weight is 393 g/mol. The van der Waals surface area contributed by atoms with Crippen LogP contribution in [0.15, 0.2) is 28.7 Å². The molecule has 0 bridgehead atoms. The van der Waals surface area contributed by atoms with Crippen molar-refractivity contribution in [3.63, 3.8) is 0 Å². The smallest absolute Gasteiger partial charge is 0.326 e. The van der Waals surface area contributed by atoms with Gasteiger partial charge in [0.25, 0.3) is 5.91 Å². The van der Waals surface area contributed by atoms with E-state index in [2.05, 4.69) is 31.6 Å². The normalized spacial score (nSPS) is 15.1. The lowest BCUT2D eigenvalue weighted by molar-refractivity contribution is -0.139. The molecular weight excluding hydrogens is 376 g/mol. The van der Waals surface area contributed by atoms with Crippen LogP contribution in [0.4, 0.5) is 0 Å². The van der Waals surface area contributed by atoms with E-state index in [9.17, 15) is 9.59 Å². The van der Waals surface area contributed by atoms with Crippen LogP contribution in [0.2, 0.25) is 0 Å². The number of carboxylic acid groups (broad SMARTS) is 1. The molecule has 0 aliphatic heterocycles. The number of nitrogens with one attached hydrogen (secondary N) is 1. The van der Waals surface area contributed by atoms with Gasteiger partial charge < -0.3 is 10.4 Å². The van der Waals surface area contributed by atoms with Gasteiger partial charge in [-0.2, -0.15) is 0 Å². The van der Waals surface area contributed by atoms with E-state index in [1.54, 1.807) is 11.6 Å². The van der Waals surface area contributed by atoms with Crippen molar-refractivity contribution in [3.05, 3.63) is 40.1 Å². The van der Waals surface area contributed by atoms with Crippen molar-refractivity contribution in [2.24, 2.45) is 0 Å². The van der Waals surface area contributed by atoms with Crippen LogP contribution >= 0.6 is 15.9 Å². The van der Waals surface area contributed by atoms with Gasteiger partial charge in [-0.05, 0) is 43.5 Å². The van der Waals surface area contributed by atoms with Gasteiger partial charge in [0, 0.05) is 10.4 Å². The largest absolute Gasteiger partial charge is 0.480 e. The molecule has 1 aliphatic rings. The van der Waals surface area contributed by atoms with E-state index >= 15 is 0 Å². The number of rotatable bonds is 6. The van der Waals surface area contributed by atoms with Crippen molar-refractivity contribution in [3.8, 4) is 5.69 Å². The third-order valence-corrected chi connectivity index (χ3v) is 4.50. The number of aliphatic carboxylic acids is 1. The lowest BCUT2D eigenvalue weighted by Gasteiger charge is -2.12. The number of carbonyl (C=O) groups excluding carboxylic acids is 1. The van der Waals surface area contributed by atoms with Crippen molar-refractivity contribution in [1.29, 1.82) is 0 Å². The Bertz CT molecular complexity index is 768. The minimum absolute atomic E-state index is 0.208. The summed E-state index contributed by atoms with van der Waals surface area (Å²) in [6.07, 6.45) is 2.25. The Labute approximate surface area is 147 Å². The van der Waals surface area contributed by atoms with Crippen LogP contribution in [-0.4, -0.2) is 38.0 Å². The molecule has 1 fully saturated rings. The number of amides is 1. The molecule has 1 heterocycles. The summed E-state index contributed by atoms with van der Waals surface area (Å²) in [5.41, 5.74) is 1.77. The highest BCUT2D eigenvalue weighted by molar-refractivity contribution is 9.10. The van der Waals surface area contributed by atoms with Crippen molar-refractivity contribution in [2.75, 3.05) is 0 Å². The fraction of sp³-hybridized carbons (Fsp3) is 0.375. The summed E-state index contributed by atoms with van der Waals surface area (Å²) in [6.45, 7) is 1.71. The summed E-state index contributed by atoms with van der Waals surface area (Å²) >= 11 is 3.39. The Hall–Kier alpha value is -2.22. The molecule has 3 rings (SSSR count). The van der Waals surface area contributed by atoms with Crippen LogP contribution < -0.4 is 5.32 Å². The van der Waals surface area contributed by atoms with Crippen LogP contribution in [-0.2, 0) is 4.79 Å². The molecule has 7 nitrogen and oxygen atoms in total. The molecule has 2 N–H and O–H groups in total. The maximum Gasteiger partial charge on any atom is 0.326 e. The molecule has 0 radical (unpaired) electrons. The second kappa shape index (κ2) is 6.72. The first-order valence-corrected chi connectivity index (χ1v) is 8.55. The van der Waals surface area contributed by atoms with Crippen LogP contribution in [0.5, 0.6) is 0 Å². The zero-order valence-electron chi connectivity index (χ0n) is 13.1. The fourth-order valence-corrected chi connectivity index (χ4v) is 2.78. The molecule has 1 aromatic carbocycles. The highest BCUT2D eigenvalue weighted by atomic mass is 79.9. The predicted octanol–water partition coefficient (Wildman–Crippen LogP) is 2.50. The van der Waals surface area contributed by atoms with Gasteiger partial charge in [0.15, 0.2) is 5.69 Å². The Kier molecular flexibility index (Phi) is 4.66. The zero-order chi connectivity index (χ0) is 17.3. The molecule has 1 aromatic heterocycles. The van der Waals surface area contributed by atoms with E-state index in [1.165, 1.54) is 0 Å². The molecule has 0 spiro atoms. The Morgan fingerprint density at radius 1 is 1.38 bits per heavy atom. The molecule has 1 aliphatic carbocycles. The maximum atomic E-state index is 12.5. The van der Waals surface area contributed by atoms with Gasteiger partial charge in [-0.3, -0.25) is 4.79 Å². The van der Waals surface area contributed by atoms with E-state index in [4.69, 9.17) is 5.11 Å². The number of halogens is 1. The first-order valence-electron chi connectivity index (χ1n) is 7.76. The van der Waals surface area contributed by atoms with Crippen LogP contribution in [0.25, 0.3) is 5.69 Å². The molecule has 8 heteroatoms. The van der Waals surface area contributed by atoms with Crippen LogP contribution in [0.1, 0.15) is 48.3 Å².